The highest BCUT2D eigenvalue weighted by molar-refractivity contribution is 7.90. The van der Waals surface area contributed by atoms with Crippen molar-refractivity contribution in [2.45, 2.75) is 37.0 Å². The molecule has 1 fully saturated rings. The van der Waals surface area contributed by atoms with Gasteiger partial charge in [0.05, 0.1) is 16.8 Å². The van der Waals surface area contributed by atoms with Crippen molar-refractivity contribution in [3.05, 3.63) is 53.5 Å². The van der Waals surface area contributed by atoms with Crippen LogP contribution >= 0.6 is 0 Å². The van der Waals surface area contributed by atoms with E-state index in [0.29, 0.717) is 17.3 Å². The van der Waals surface area contributed by atoms with Gasteiger partial charge in [-0.2, -0.15) is 15.2 Å². The number of nitrogens with zero attached hydrogens (tertiary/aromatic N) is 6. The van der Waals surface area contributed by atoms with E-state index in [1.807, 2.05) is 19.2 Å². The van der Waals surface area contributed by atoms with Crippen molar-refractivity contribution in [1.29, 1.82) is 0 Å². The fraction of sp³-hybridized carbons (Fsp3) is 0.333. The van der Waals surface area contributed by atoms with Crippen LogP contribution in [0.1, 0.15) is 36.9 Å². The Labute approximate surface area is 212 Å². The van der Waals surface area contributed by atoms with E-state index in [4.69, 9.17) is 4.98 Å². The molecule has 0 aliphatic heterocycles. The Balaban J connectivity index is 1.67. The molecule has 0 spiro atoms. The number of hydrogen-bond acceptors (Lipinski definition) is 8. The first-order chi connectivity index (χ1) is 17.5. The lowest BCUT2D eigenvalue weighted by Gasteiger charge is -2.22. The van der Waals surface area contributed by atoms with Crippen LogP contribution in [-0.4, -0.2) is 51.7 Å². The minimum Gasteiger partial charge on any atom is -0.323 e. The van der Waals surface area contributed by atoms with Crippen LogP contribution in [0.25, 0.3) is 11.3 Å². The molecule has 37 heavy (non-hydrogen) atoms. The molecular weight excluding hydrogens is 502 g/mol. The number of sulfone groups is 1. The van der Waals surface area contributed by atoms with Crippen molar-refractivity contribution in [2.24, 2.45) is 7.05 Å². The first kappa shape index (κ1) is 24.8. The van der Waals surface area contributed by atoms with E-state index in [2.05, 4.69) is 25.6 Å². The van der Waals surface area contributed by atoms with Gasteiger partial charge >= 0.3 is 0 Å². The van der Waals surface area contributed by atoms with Crippen LogP contribution in [0.15, 0.2) is 35.5 Å². The molecule has 0 bridgehead atoms. The van der Waals surface area contributed by atoms with Crippen LogP contribution in [0.4, 0.5) is 32.1 Å². The topological polar surface area (TPSA) is 122 Å². The van der Waals surface area contributed by atoms with E-state index in [0.717, 1.165) is 54.5 Å². The van der Waals surface area contributed by atoms with Crippen molar-refractivity contribution in [3.8, 4) is 11.3 Å². The van der Waals surface area contributed by atoms with Gasteiger partial charge in [-0.1, -0.05) is 6.92 Å². The zero-order valence-corrected chi connectivity index (χ0v) is 21.6. The molecule has 0 radical (unpaired) electrons. The van der Waals surface area contributed by atoms with Crippen molar-refractivity contribution in [3.63, 3.8) is 0 Å². The van der Waals surface area contributed by atoms with Gasteiger partial charge in [0.2, 0.25) is 5.95 Å². The number of hydrogen-bond donors (Lipinski definition) is 2. The van der Waals surface area contributed by atoms with Gasteiger partial charge in [0, 0.05) is 49.4 Å². The third-order valence-corrected chi connectivity index (χ3v) is 7.30. The summed E-state index contributed by atoms with van der Waals surface area (Å²) in [5.41, 5.74) is 2.66. The van der Waals surface area contributed by atoms with Gasteiger partial charge in [-0.15, -0.1) is 0 Å². The Morgan fingerprint density at radius 1 is 1.19 bits per heavy atom. The molecule has 10 nitrogen and oxygen atoms in total. The number of aromatic nitrogens is 6. The van der Waals surface area contributed by atoms with Crippen molar-refractivity contribution in [1.82, 2.24) is 29.9 Å². The molecule has 1 saturated carbocycles. The number of aromatic amines is 1. The van der Waals surface area contributed by atoms with Gasteiger partial charge < -0.3 is 10.2 Å². The molecule has 0 atom stereocenters. The summed E-state index contributed by atoms with van der Waals surface area (Å²) < 4.78 is 55.5. The summed E-state index contributed by atoms with van der Waals surface area (Å²) in [5.74, 6) is -0.838. The maximum Gasteiger partial charge on any atom is 0.232 e. The minimum absolute atomic E-state index is 0.0157. The molecule has 1 aromatic carbocycles. The molecule has 194 valence electrons. The van der Waals surface area contributed by atoms with Crippen LogP contribution in [0, 0.1) is 11.6 Å². The van der Waals surface area contributed by atoms with Gasteiger partial charge in [-0.05, 0) is 37.3 Å². The van der Waals surface area contributed by atoms with E-state index < -0.39 is 32.1 Å². The Bertz CT molecular complexity index is 1570. The number of H-pyrrole nitrogens is 1. The fourth-order valence-electron chi connectivity index (χ4n) is 4.13. The Morgan fingerprint density at radius 3 is 2.43 bits per heavy atom. The van der Waals surface area contributed by atoms with Crippen LogP contribution in [0.2, 0.25) is 0 Å². The second-order valence-corrected chi connectivity index (χ2v) is 11.2. The number of nitrogens with one attached hydrogen (secondary N) is 2. The molecule has 3 aromatic heterocycles. The van der Waals surface area contributed by atoms with Crippen LogP contribution in [0.5, 0.6) is 0 Å². The first-order valence-electron chi connectivity index (χ1n) is 11.7. The highest BCUT2D eigenvalue weighted by Gasteiger charge is 2.33. The number of benzene rings is 1. The largest absolute Gasteiger partial charge is 0.323 e. The summed E-state index contributed by atoms with van der Waals surface area (Å²) in [7, 11) is -0.590. The molecule has 0 unspecified atom stereocenters. The highest BCUT2D eigenvalue weighted by Crippen LogP contribution is 2.48. The third-order valence-electron chi connectivity index (χ3n) is 6.21. The molecule has 1 aliphatic rings. The number of aryl methyl sites for hydroxylation is 2. The molecule has 1 aliphatic carbocycles. The van der Waals surface area contributed by atoms with Crippen molar-refractivity contribution < 1.29 is 17.2 Å². The van der Waals surface area contributed by atoms with Crippen molar-refractivity contribution in [2.75, 3.05) is 23.5 Å². The summed E-state index contributed by atoms with van der Waals surface area (Å²) >= 11 is 0. The first-order valence-corrected chi connectivity index (χ1v) is 13.6. The standard InChI is InChI=1S/C24H26F2N8O2S/c1-5-15-8-19(32-31-15)28-23-20(13-6-7-13)21(14-11-27-33(2)12-14)29-24(30-23)34(3)22-17(25)9-16(10-18(22)26)37(4,35)36/h8-13H,5-7H2,1-4H3,(H2,28,29,30,31,32). The smallest absolute Gasteiger partial charge is 0.232 e. The predicted octanol–water partition coefficient (Wildman–Crippen LogP) is 4.23. The van der Waals surface area contributed by atoms with Crippen LogP contribution < -0.4 is 10.2 Å². The monoisotopic (exact) mass is 528 g/mol. The summed E-state index contributed by atoms with van der Waals surface area (Å²) in [4.78, 5) is 10.1. The van der Waals surface area contributed by atoms with Gasteiger partial charge in [-0.25, -0.2) is 22.2 Å². The average molecular weight is 529 g/mol. The average Bonchev–Trinajstić information content (AvgIpc) is 3.41. The number of rotatable bonds is 8. The molecule has 2 N–H and O–H groups in total. The van der Waals surface area contributed by atoms with E-state index in [9.17, 15) is 8.42 Å². The summed E-state index contributed by atoms with van der Waals surface area (Å²) in [6, 6.07) is 3.45. The zero-order valence-electron chi connectivity index (χ0n) is 20.7. The summed E-state index contributed by atoms with van der Waals surface area (Å²) in [5, 5.41) is 14.8. The lowest BCUT2D eigenvalue weighted by Crippen LogP contribution is -2.19. The number of anilines is 4. The lowest BCUT2D eigenvalue weighted by molar-refractivity contribution is 0.569. The molecule has 13 heteroatoms. The second kappa shape index (κ2) is 9.21. The summed E-state index contributed by atoms with van der Waals surface area (Å²) in [6.45, 7) is 2.00. The van der Waals surface area contributed by atoms with Crippen molar-refractivity contribution >= 4 is 33.1 Å². The second-order valence-electron chi connectivity index (χ2n) is 9.14. The predicted molar refractivity (Wildman–Crippen MR) is 135 cm³/mol. The molecule has 4 aromatic rings. The van der Waals surface area contributed by atoms with Gasteiger partial charge in [-0.3, -0.25) is 9.78 Å². The number of halogens is 2. The Kier molecular flexibility index (Phi) is 6.18. The molecular formula is C24H26F2N8O2S. The SMILES string of the molecule is CCc1cc(Nc2nc(N(C)c3c(F)cc(S(C)(=O)=O)cc3F)nc(-c3cnn(C)c3)c2C2CC2)n[nH]1. The maximum absolute atomic E-state index is 15.1. The molecule has 3 heterocycles. The van der Waals surface area contributed by atoms with E-state index in [1.54, 1.807) is 17.9 Å². The fourth-order valence-corrected chi connectivity index (χ4v) is 4.77. The third kappa shape index (κ3) is 4.90. The lowest BCUT2D eigenvalue weighted by atomic mass is 10.1. The summed E-state index contributed by atoms with van der Waals surface area (Å²) in [6.07, 6.45) is 7.06. The maximum atomic E-state index is 15.1. The van der Waals surface area contributed by atoms with E-state index in [-0.39, 0.29) is 11.9 Å². The molecule has 0 amide bonds. The quantitative estimate of drug-likeness (QED) is 0.348. The van der Waals surface area contributed by atoms with Gasteiger partial charge in [0.25, 0.3) is 0 Å². The van der Waals surface area contributed by atoms with E-state index in [1.165, 1.54) is 11.9 Å². The zero-order chi connectivity index (χ0) is 26.5. The highest BCUT2D eigenvalue weighted by atomic mass is 32.2. The Hall–Kier alpha value is -3.87. The normalized spacial score (nSPS) is 13.7. The Morgan fingerprint density at radius 2 is 1.89 bits per heavy atom. The van der Waals surface area contributed by atoms with Crippen LogP contribution in [-0.2, 0) is 23.3 Å². The van der Waals surface area contributed by atoms with E-state index >= 15 is 8.78 Å². The van der Waals surface area contributed by atoms with Gasteiger partial charge in [0.1, 0.15) is 11.5 Å². The van der Waals surface area contributed by atoms with Crippen LogP contribution in [0.3, 0.4) is 0 Å². The minimum atomic E-state index is -3.80. The van der Waals surface area contributed by atoms with Gasteiger partial charge in [0.15, 0.2) is 27.3 Å². The molecule has 0 saturated heterocycles. The molecule has 5 rings (SSSR count).